The van der Waals surface area contributed by atoms with Crippen molar-refractivity contribution < 1.29 is 34.4 Å². The molecule has 1 N–H and O–H groups in total. The van der Waals surface area contributed by atoms with Gasteiger partial charge in [-0.2, -0.15) is 0 Å². The van der Waals surface area contributed by atoms with Gasteiger partial charge in [0.05, 0.1) is 36.2 Å². The Hall–Kier alpha value is -7.55. The first-order chi connectivity index (χ1) is 35.1. The Morgan fingerprint density at radius 1 is 0.649 bits per heavy atom. The second-order valence-corrected chi connectivity index (χ2v) is 25.6. The van der Waals surface area contributed by atoms with E-state index in [1.54, 1.807) is 12.1 Å². The molecule has 0 amide bonds. The Morgan fingerprint density at radius 3 is 1.82 bits per heavy atom. The Morgan fingerprint density at radius 2 is 1.26 bits per heavy atom. The number of fused-ring (bicyclic) bond motifs is 4. The largest absolute Gasteiger partial charge is 0.501 e. The normalized spacial score (nSPS) is 11.6. The van der Waals surface area contributed by atoms with Crippen molar-refractivity contribution in [2.75, 3.05) is 0 Å². The maximum absolute atomic E-state index is 10.8. The van der Waals surface area contributed by atoms with Crippen LogP contribution in [0.2, 0.25) is 19.6 Å². The van der Waals surface area contributed by atoms with E-state index in [1.165, 1.54) is 44.6 Å². The number of carboxylic acid groups (broad SMARTS) is 1. The zero-order valence-electron chi connectivity index (χ0n) is 43.2. The summed E-state index contributed by atoms with van der Waals surface area (Å²) in [6.45, 7) is 20.1. The van der Waals surface area contributed by atoms with Gasteiger partial charge in [-0.25, -0.2) is 0 Å². The van der Waals surface area contributed by atoms with Gasteiger partial charge < -0.3 is 19.1 Å². The van der Waals surface area contributed by atoms with Crippen LogP contribution in [-0.4, -0.2) is 38.7 Å². The number of aromatic nitrogens is 4. The zero-order valence-corrected chi connectivity index (χ0v) is 46.6. The molecule has 4 aromatic heterocycles. The van der Waals surface area contributed by atoms with Gasteiger partial charge in [-0.1, -0.05) is 167 Å². The fourth-order valence-corrected chi connectivity index (χ4v) is 10.8. The molecular weight excluding hydrogens is 1110 g/mol. The quantitative estimate of drug-likeness (QED) is 0.108. The molecule has 0 bridgehead atoms. The van der Waals surface area contributed by atoms with E-state index in [2.05, 4.69) is 203 Å². The van der Waals surface area contributed by atoms with E-state index in [0.29, 0.717) is 0 Å². The molecule has 9 heteroatoms. The molecule has 4 heterocycles. The number of imidazole rings is 1. The van der Waals surface area contributed by atoms with Crippen LogP contribution in [-0.2, 0) is 20.1 Å². The molecule has 11 rings (SSSR count). The summed E-state index contributed by atoms with van der Waals surface area (Å²) in [5, 5.41) is 12.3. The van der Waals surface area contributed by atoms with E-state index >= 15 is 0 Å². The third kappa shape index (κ3) is 10.2. The molecule has 0 aliphatic rings. The molecule has 371 valence electrons. The van der Waals surface area contributed by atoms with Gasteiger partial charge in [-0.05, 0) is 111 Å². The van der Waals surface area contributed by atoms with E-state index in [-0.39, 0.29) is 37.5 Å². The summed E-state index contributed by atoms with van der Waals surface area (Å²) < 4.78 is 9.22. The van der Waals surface area contributed by atoms with Crippen LogP contribution in [0.5, 0.6) is 0 Å². The maximum Gasteiger partial charge on any atom is 0.292 e. The summed E-state index contributed by atoms with van der Waals surface area (Å²) in [4.78, 5) is 25.6. The summed E-state index contributed by atoms with van der Waals surface area (Å²) >= 11 is 0. The van der Waals surface area contributed by atoms with Gasteiger partial charge in [0.25, 0.3) is 5.97 Å². The number of aromatic carboxylic acids is 1. The van der Waals surface area contributed by atoms with Crippen molar-refractivity contribution in [3.05, 3.63) is 210 Å². The van der Waals surface area contributed by atoms with Crippen LogP contribution in [0.15, 0.2) is 174 Å². The second-order valence-electron chi connectivity index (χ2n) is 20.5. The summed E-state index contributed by atoms with van der Waals surface area (Å²) in [6.07, 6.45) is 1.92. The molecule has 74 heavy (non-hydrogen) atoms. The number of hydrogen-bond donors (Lipinski definition) is 1. The van der Waals surface area contributed by atoms with Crippen LogP contribution in [0.4, 0.5) is 0 Å². The number of carbonyl (C=O) groups is 1. The molecular formula is C65H58IrN4O3Si-2. The van der Waals surface area contributed by atoms with Crippen LogP contribution in [0.25, 0.3) is 94.7 Å². The number of nitrogens with zero attached hydrogens (tertiary/aromatic N) is 4. The molecule has 0 atom stereocenters. The van der Waals surface area contributed by atoms with Crippen molar-refractivity contribution in [2.45, 2.75) is 73.0 Å². The smallest absolute Gasteiger partial charge is 0.292 e. The monoisotopic (exact) mass is 1160 g/mol. The minimum Gasteiger partial charge on any atom is -0.501 e. The van der Waals surface area contributed by atoms with Gasteiger partial charge in [0.2, 0.25) is 0 Å². The van der Waals surface area contributed by atoms with E-state index in [4.69, 9.17) is 19.5 Å². The molecule has 0 spiro atoms. The Bertz CT molecular complexity index is 3770. The standard InChI is InChI=1S/C50H42N3O.C15H16NO2Si.Ir/c1-30(2)43-27-39(35-16-11-8-12-17-35)28-44(31(3)4)48(43)53-47-33(6)51-32(5)26-45(47)52-50(53)42-19-13-18-41-40-25-24-38(29-46(40)54-49(41)42)37-22-20-36(21-23-37)34-14-9-7-10-15-34;1-19(2,3)13-8-9-14(16-10-13)11-4-6-12(7-5-11)15(17)18;/h7-18,20-31H,1-6H3;4,6-10H,1-3H3,(H,17,18);/q2*-1;. The molecule has 0 aliphatic carbocycles. The third-order valence-corrected chi connectivity index (χ3v) is 15.7. The average molecular weight is 1160 g/mol. The molecule has 7 nitrogen and oxygen atoms in total. The number of benzene rings is 7. The van der Waals surface area contributed by atoms with Crippen LogP contribution in [0, 0.1) is 26.0 Å². The van der Waals surface area contributed by atoms with Gasteiger partial charge in [0.15, 0.2) is 0 Å². The summed E-state index contributed by atoms with van der Waals surface area (Å²) in [5.41, 5.74) is 18.9. The average Bonchev–Trinajstić information content (AvgIpc) is 3.98. The molecule has 0 fully saturated rings. The van der Waals surface area contributed by atoms with Crippen LogP contribution < -0.4 is 5.19 Å². The Kier molecular flexibility index (Phi) is 14.7. The summed E-state index contributed by atoms with van der Waals surface area (Å²) in [6, 6.07) is 62.8. The van der Waals surface area contributed by atoms with E-state index in [1.807, 2.05) is 31.3 Å². The number of rotatable bonds is 10. The van der Waals surface area contributed by atoms with E-state index in [0.717, 1.165) is 83.8 Å². The fourth-order valence-electron chi connectivity index (χ4n) is 9.72. The van der Waals surface area contributed by atoms with Gasteiger partial charge in [-0.15, -0.1) is 48.0 Å². The van der Waals surface area contributed by atoms with Crippen molar-refractivity contribution in [3.8, 4) is 61.7 Å². The van der Waals surface area contributed by atoms with Crippen molar-refractivity contribution in [1.29, 1.82) is 0 Å². The molecule has 0 saturated carbocycles. The molecule has 7 aromatic carbocycles. The van der Waals surface area contributed by atoms with E-state index < -0.39 is 14.0 Å². The SMILES string of the molecule is C[Si](C)(C)c1ccc(-c2[c-]cc(C(=O)O)cc2)nc1.Cc1cc2nc(-c3[c-]ccc4c3oc3cc(-c5ccc(-c6ccccc6)cc5)ccc34)n(-c3c(C(C)C)cc(-c4ccccc4)cc3C(C)C)c2c(C)n1.[Ir]. The first kappa shape index (κ1) is 51.4. The number of carboxylic acids is 1. The molecule has 0 unspecified atom stereocenters. The van der Waals surface area contributed by atoms with Gasteiger partial charge in [-0.3, -0.25) is 14.8 Å². The van der Waals surface area contributed by atoms with E-state index in [9.17, 15) is 4.79 Å². The van der Waals surface area contributed by atoms with Crippen molar-refractivity contribution >= 4 is 52.2 Å². The van der Waals surface area contributed by atoms with Gasteiger partial charge in [0.1, 0.15) is 5.58 Å². The predicted molar refractivity (Wildman–Crippen MR) is 303 cm³/mol. The van der Waals surface area contributed by atoms with Crippen molar-refractivity contribution in [3.63, 3.8) is 0 Å². The second kappa shape index (κ2) is 21.1. The molecule has 0 saturated heterocycles. The van der Waals surface area contributed by atoms with Crippen molar-refractivity contribution in [1.82, 2.24) is 19.5 Å². The molecule has 0 aliphatic heterocycles. The molecule has 11 aromatic rings. The number of pyridine rings is 2. The number of furan rings is 1. The first-order valence-corrected chi connectivity index (χ1v) is 28.5. The van der Waals surface area contributed by atoms with Crippen LogP contribution in [0.3, 0.4) is 0 Å². The predicted octanol–water partition coefficient (Wildman–Crippen LogP) is 16.4. The van der Waals surface area contributed by atoms with Crippen LogP contribution >= 0.6 is 0 Å². The fraction of sp³-hybridized carbons (Fsp3) is 0.169. The number of hydrogen-bond acceptors (Lipinski definition) is 5. The Labute approximate surface area is 448 Å². The topological polar surface area (TPSA) is 94.0 Å². The summed E-state index contributed by atoms with van der Waals surface area (Å²) in [5.74, 6) is 0.357. The maximum atomic E-state index is 10.8. The number of aryl methyl sites for hydroxylation is 2. The molecule has 1 radical (unpaired) electrons. The minimum absolute atomic E-state index is 0. The van der Waals surface area contributed by atoms with Gasteiger partial charge in [0, 0.05) is 43.1 Å². The minimum atomic E-state index is -1.33. The van der Waals surface area contributed by atoms with Crippen LogP contribution in [0.1, 0.15) is 72.4 Å². The van der Waals surface area contributed by atoms with Gasteiger partial charge >= 0.3 is 0 Å². The summed E-state index contributed by atoms with van der Waals surface area (Å²) in [7, 11) is -1.33. The van der Waals surface area contributed by atoms with Crippen molar-refractivity contribution in [2.24, 2.45) is 0 Å². The third-order valence-electron chi connectivity index (χ3n) is 13.6. The Balaban J connectivity index is 0.000000284. The first-order valence-electron chi connectivity index (χ1n) is 25.0. The zero-order chi connectivity index (χ0) is 51.1.